The van der Waals surface area contributed by atoms with Crippen molar-refractivity contribution in [3.8, 4) is 17.0 Å². The van der Waals surface area contributed by atoms with Crippen molar-refractivity contribution in [1.82, 2.24) is 9.97 Å². The third kappa shape index (κ3) is 4.92. The molecule has 27 heavy (non-hydrogen) atoms. The maximum atomic E-state index is 6.37. The average molecular weight is 390 g/mol. The average Bonchev–Trinajstić information content (AvgIpc) is 2.68. The highest BCUT2D eigenvalue weighted by molar-refractivity contribution is 6.31. The van der Waals surface area contributed by atoms with Gasteiger partial charge in [0.25, 0.3) is 0 Å². The van der Waals surface area contributed by atoms with E-state index in [1.165, 1.54) is 0 Å². The SMILES string of the molecule is CCOc1cc(Cl)cc(-c2nc(CC)c(NC(CC)CC)nc2CC)c1C. The number of ether oxygens (including phenoxy) is 1. The smallest absolute Gasteiger partial charge is 0.148 e. The Morgan fingerprint density at radius 3 is 2.22 bits per heavy atom. The van der Waals surface area contributed by atoms with Crippen LogP contribution in [-0.4, -0.2) is 22.6 Å². The molecule has 0 aliphatic carbocycles. The Morgan fingerprint density at radius 2 is 1.67 bits per heavy atom. The molecule has 1 N–H and O–H groups in total. The van der Waals surface area contributed by atoms with Gasteiger partial charge in [-0.1, -0.05) is 39.3 Å². The molecule has 1 aromatic carbocycles. The molecule has 0 saturated heterocycles. The summed E-state index contributed by atoms with van der Waals surface area (Å²) in [7, 11) is 0. The van der Waals surface area contributed by atoms with Crippen LogP contribution in [-0.2, 0) is 12.8 Å². The summed E-state index contributed by atoms with van der Waals surface area (Å²) in [5, 5.41) is 4.24. The minimum absolute atomic E-state index is 0.414. The number of benzene rings is 1. The van der Waals surface area contributed by atoms with Gasteiger partial charge in [0, 0.05) is 22.2 Å². The Balaban J connectivity index is 2.61. The zero-order valence-electron chi connectivity index (χ0n) is 17.4. The number of aromatic nitrogens is 2. The second kappa shape index (κ2) is 9.93. The first-order chi connectivity index (χ1) is 13.0. The Hall–Kier alpha value is -1.81. The van der Waals surface area contributed by atoms with Crippen molar-refractivity contribution >= 4 is 17.4 Å². The van der Waals surface area contributed by atoms with Crippen LogP contribution in [0.1, 0.15) is 64.4 Å². The van der Waals surface area contributed by atoms with Crippen LogP contribution in [0.3, 0.4) is 0 Å². The molecule has 148 valence electrons. The first-order valence-electron chi connectivity index (χ1n) is 10.1. The molecule has 2 rings (SSSR count). The van der Waals surface area contributed by atoms with Crippen LogP contribution in [0.25, 0.3) is 11.3 Å². The maximum absolute atomic E-state index is 6.37. The molecule has 4 nitrogen and oxygen atoms in total. The number of aryl methyl sites for hydroxylation is 2. The summed E-state index contributed by atoms with van der Waals surface area (Å²) in [6.45, 7) is 13.3. The van der Waals surface area contributed by atoms with Crippen LogP contribution in [0.5, 0.6) is 5.75 Å². The molecule has 0 fully saturated rings. The van der Waals surface area contributed by atoms with Gasteiger partial charge in [-0.3, -0.25) is 0 Å². The number of rotatable bonds is 9. The zero-order valence-corrected chi connectivity index (χ0v) is 18.2. The highest BCUT2D eigenvalue weighted by Gasteiger charge is 2.18. The van der Waals surface area contributed by atoms with Gasteiger partial charge < -0.3 is 10.1 Å². The van der Waals surface area contributed by atoms with Gasteiger partial charge in [0.1, 0.15) is 11.6 Å². The molecule has 0 spiro atoms. The van der Waals surface area contributed by atoms with Gasteiger partial charge in [0.2, 0.25) is 0 Å². The number of hydrogen-bond donors (Lipinski definition) is 1. The van der Waals surface area contributed by atoms with E-state index >= 15 is 0 Å². The lowest BCUT2D eigenvalue weighted by molar-refractivity contribution is 0.338. The molecule has 0 aliphatic rings. The Kier molecular flexibility index (Phi) is 7.91. The van der Waals surface area contributed by atoms with Gasteiger partial charge in [0.15, 0.2) is 0 Å². The van der Waals surface area contributed by atoms with E-state index in [1.807, 2.05) is 19.1 Å². The molecule has 0 radical (unpaired) electrons. The molecule has 1 aromatic heterocycles. The summed E-state index contributed by atoms with van der Waals surface area (Å²) in [4.78, 5) is 9.98. The van der Waals surface area contributed by atoms with Crippen molar-refractivity contribution in [1.29, 1.82) is 0 Å². The zero-order chi connectivity index (χ0) is 20.0. The third-order valence-electron chi connectivity index (χ3n) is 4.92. The summed E-state index contributed by atoms with van der Waals surface area (Å²) in [5.41, 5.74) is 4.93. The monoisotopic (exact) mass is 389 g/mol. The predicted octanol–water partition coefficient (Wildman–Crippen LogP) is 6.23. The van der Waals surface area contributed by atoms with E-state index in [2.05, 4.69) is 39.9 Å². The van der Waals surface area contributed by atoms with Crippen molar-refractivity contribution in [3.05, 3.63) is 34.1 Å². The van der Waals surface area contributed by atoms with E-state index in [1.54, 1.807) is 0 Å². The first kappa shape index (κ1) is 21.5. The van der Waals surface area contributed by atoms with Crippen LogP contribution in [0.2, 0.25) is 5.02 Å². The second-order valence-electron chi connectivity index (χ2n) is 6.69. The normalized spacial score (nSPS) is 11.1. The van der Waals surface area contributed by atoms with E-state index < -0.39 is 0 Å². The maximum Gasteiger partial charge on any atom is 0.148 e. The third-order valence-corrected chi connectivity index (χ3v) is 5.13. The molecule has 5 heteroatoms. The standard InChI is InChI=1S/C22H32ClN3O/c1-7-16(8-2)24-22-19(10-4)25-21(18(9-3)26-22)17-12-15(23)13-20(14(17)6)27-11-5/h12-13,16H,7-11H2,1-6H3,(H,24,26). The summed E-state index contributed by atoms with van der Waals surface area (Å²) in [6, 6.07) is 4.25. The highest BCUT2D eigenvalue weighted by atomic mass is 35.5. The van der Waals surface area contributed by atoms with Crippen molar-refractivity contribution < 1.29 is 4.74 Å². The van der Waals surface area contributed by atoms with Gasteiger partial charge in [-0.05, 0) is 51.7 Å². The Bertz CT molecular complexity index is 773. The van der Waals surface area contributed by atoms with Crippen LogP contribution in [0, 0.1) is 6.92 Å². The van der Waals surface area contributed by atoms with Crippen molar-refractivity contribution in [2.45, 2.75) is 73.3 Å². The highest BCUT2D eigenvalue weighted by Crippen LogP contribution is 2.35. The van der Waals surface area contributed by atoms with Crippen LogP contribution in [0.15, 0.2) is 12.1 Å². The molecule has 0 unspecified atom stereocenters. The van der Waals surface area contributed by atoms with Gasteiger partial charge in [-0.2, -0.15) is 0 Å². The fraction of sp³-hybridized carbons (Fsp3) is 0.545. The van der Waals surface area contributed by atoms with E-state index in [-0.39, 0.29) is 0 Å². The minimum atomic E-state index is 0.414. The predicted molar refractivity (Wildman–Crippen MR) is 115 cm³/mol. The van der Waals surface area contributed by atoms with Crippen molar-refractivity contribution in [2.75, 3.05) is 11.9 Å². The van der Waals surface area contributed by atoms with Crippen molar-refractivity contribution in [2.24, 2.45) is 0 Å². The summed E-state index contributed by atoms with van der Waals surface area (Å²) in [6.07, 6.45) is 3.76. The number of nitrogens with zero attached hydrogens (tertiary/aromatic N) is 2. The number of anilines is 1. The number of hydrogen-bond acceptors (Lipinski definition) is 4. The Morgan fingerprint density at radius 1 is 1.00 bits per heavy atom. The Labute approximate surface area is 168 Å². The molecule has 0 saturated carbocycles. The quantitative estimate of drug-likeness (QED) is 0.552. The lowest BCUT2D eigenvalue weighted by Crippen LogP contribution is -2.20. The molecule has 0 aliphatic heterocycles. The van der Waals surface area contributed by atoms with Crippen LogP contribution < -0.4 is 10.1 Å². The fourth-order valence-electron chi connectivity index (χ4n) is 3.22. The second-order valence-corrected chi connectivity index (χ2v) is 7.13. The van der Waals surface area contributed by atoms with E-state index in [9.17, 15) is 0 Å². The lowest BCUT2D eigenvalue weighted by Gasteiger charge is -2.20. The molecule has 2 aromatic rings. The largest absolute Gasteiger partial charge is 0.494 e. The molecule has 1 heterocycles. The van der Waals surface area contributed by atoms with E-state index in [4.69, 9.17) is 26.3 Å². The summed E-state index contributed by atoms with van der Waals surface area (Å²) < 4.78 is 5.77. The molecular formula is C22H32ClN3O. The summed E-state index contributed by atoms with van der Waals surface area (Å²) >= 11 is 6.37. The minimum Gasteiger partial charge on any atom is -0.494 e. The topological polar surface area (TPSA) is 47.0 Å². The van der Waals surface area contributed by atoms with Gasteiger partial charge in [0.05, 0.1) is 23.7 Å². The molecular weight excluding hydrogens is 358 g/mol. The van der Waals surface area contributed by atoms with Crippen LogP contribution in [0.4, 0.5) is 5.82 Å². The summed E-state index contributed by atoms with van der Waals surface area (Å²) in [5.74, 6) is 1.72. The first-order valence-corrected chi connectivity index (χ1v) is 10.5. The van der Waals surface area contributed by atoms with E-state index in [0.717, 1.165) is 65.5 Å². The lowest BCUT2D eigenvalue weighted by atomic mass is 10.0. The fourth-order valence-corrected chi connectivity index (χ4v) is 3.43. The van der Waals surface area contributed by atoms with Gasteiger partial charge in [-0.15, -0.1) is 0 Å². The molecule has 0 bridgehead atoms. The van der Waals surface area contributed by atoms with Gasteiger partial charge in [-0.25, -0.2) is 9.97 Å². The van der Waals surface area contributed by atoms with E-state index in [0.29, 0.717) is 17.7 Å². The molecule has 0 atom stereocenters. The van der Waals surface area contributed by atoms with Crippen molar-refractivity contribution in [3.63, 3.8) is 0 Å². The number of halogens is 1. The van der Waals surface area contributed by atoms with Gasteiger partial charge >= 0.3 is 0 Å². The molecule has 0 amide bonds. The van der Waals surface area contributed by atoms with Crippen LogP contribution >= 0.6 is 11.6 Å². The number of nitrogens with one attached hydrogen (secondary N) is 1.